The number of hydrogen-bond donors (Lipinski definition) is 2. The molecule has 0 spiro atoms. The van der Waals surface area contributed by atoms with Crippen LogP contribution in [0.1, 0.15) is 23.9 Å². The van der Waals surface area contributed by atoms with E-state index in [9.17, 15) is 5.11 Å². The molecule has 0 aliphatic heterocycles. The van der Waals surface area contributed by atoms with E-state index < -0.39 is 5.54 Å². The Kier molecular flexibility index (Phi) is 4.02. The molecule has 0 saturated carbocycles. The van der Waals surface area contributed by atoms with Gasteiger partial charge in [0.05, 0.1) is 23.5 Å². The minimum absolute atomic E-state index is 0.0495. The molecule has 0 bridgehead atoms. The zero-order valence-electron chi connectivity index (χ0n) is 11.7. The molecule has 1 heterocycles. The van der Waals surface area contributed by atoms with E-state index in [1.807, 2.05) is 55.9 Å². The largest absolute Gasteiger partial charge is 0.394 e. The number of benzene rings is 1. The lowest BCUT2D eigenvalue weighted by molar-refractivity contribution is 0.172. The predicted molar refractivity (Wildman–Crippen MR) is 75.7 cm³/mol. The Balaban J connectivity index is 2.13. The van der Waals surface area contributed by atoms with Crippen LogP contribution >= 0.6 is 0 Å². The first-order valence-corrected chi connectivity index (χ1v) is 6.46. The minimum atomic E-state index is -0.445. The topological polar surface area (TPSA) is 50.1 Å². The lowest BCUT2D eigenvalue weighted by atomic mass is 9.93. The Morgan fingerprint density at radius 3 is 2.53 bits per heavy atom. The average Bonchev–Trinajstić information content (AvgIpc) is 2.75. The van der Waals surface area contributed by atoms with Crippen LogP contribution in [0.4, 0.5) is 0 Å². The minimum Gasteiger partial charge on any atom is -0.394 e. The van der Waals surface area contributed by atoms with Crippen LogP contribution in [0.25, 0.3) is 0 Å². The fraction of sp³-hybridized carbons (Fsp3) is 0.400. The monoisotopic (exact) mass is 259 g/mol. The van der Waals surface area contributed by atoms with Crippen molar-refractivity contribution in [2.75, 3.05) is 6.61 Å². The molecule has 0 amide bonds. The van der Waals surface area contributed by atoms with E-state index in [0.29, 0.717) is 6.54 Å². The number of aromatic nitrogens is 2. The SMILES string of the molecule is Cc1cc(CNC(C)(CO)c2ccccc2)n(C)n1. The van der Waals surface area contributed by atoms with Crippen molar-refractivity contribution in [3.8, 4) is 0 Å². The molecular weight excluding hydrogens is 238 g/mol. The molecular formula is C15H21N3O. The number of nitrogens with zero attached hydrogens (tertiary/aromatic N) is 2. The molecule has 0 aliphatic rings. The molecule has 2 aromatic rings. The van der Waals surface area contributed by atoms with Crippen LogP contribution in [-0.2, 0) is 19.1 Å². The molecule has 2 N–H and O–H groups in total. The molecule has 1 aromatic carbocycles. The number of aliphatic hydroxyl groups excluding tert-OH is 1. The molecule has 0 fully saturated rings. The Labute approximate surface area is 114 Å². The molecule has 102 valence electrons. The summed E-state index contributed by atoms with van der Waals surface area (Å²) in [5, 5.41) is 17.5. The second-order valence-electron chi connectivity index (χ2n) is 5.11. The second-order valence-corrected chi connectivity index (χ2v) is 5.11. The number of nitrogens with one attached hydrogen (secondary N) is 1. The molecule has 1 atom stereocenters. The fourth-order valence-electron chi connectivity index (χ4n) is 2.17. The van der Waals surface area contributed by atoms with Crippen molar-refractivity contribution in [2.24, 2.45) is 7.05 Å². The van der Waals surface area contributed by atoms with Crippen LogP contribution in [0.2, 0.25) is 0 Å². The van der Waals surface area contributed by atoms with Gasteiger partial charge in [0.1, 0.15) is 0 Å². The van der Waals surface area contributed by atoms with Crippen LogP contribution < -0.4 is 5.32 Å². The van der Waals surface area contributed by atoms with Gasteiger partial charge in [-0.1, -0.05) is 30.3 Å². The van der Waals surface area contributed by atoms with Gasteiger partial charge in [0, 0.05) is 13.6 Å². The van der Waals surface area contributed by atoms with Crippen LogP contribution in [0, 0.1) is 6.92 Å². The second kappa shape index (κ2) is 5.55. The summed E-state index contributed by atoms with van der Waals surface area (Å²) in [7, 11) is 1.93. The Morgan fingerprint density at radius 2 is 2.00 bits per heavy atom. The van der Waals surface area contributed by atoms with E-state index in [-0.39, 0.29) is 6.61 Å². The van der Waals surface area contributed by atoms with Crippen LogP contribution in [-0.4, -0.2) is 21.5 Å². The van der Waals surface area contributed by atoms with Crippen molar-refractivity contribution in [3.63, 3.8) is 0 Å². The van der Waals surface area contributed by atoms with Gasteiger partial charge in [0.25, 0.3) is 0 Å². The summed E-state index contributed by atoms with van der Waals surface area (Å²) in [6, 6.07) is 12.1. The first-order valence-electron chi connectivity index (χ1n) is 6.46. The molecule has 1 aromatic heterocycles. The Bertz CT molecular complexity index is 536. The zero-order chi connectivity index (χ0) is 13.9. The van der Waals surface area contributed by atoms with Gasteiger partial charge in [-0.3, -0.25) is 4.68 Å². The third-order valence-corrected chi connectivity index (χ3v) is 3.49. The van der Waals surface area contributed by atoms with E-state index in [0.717, 1.165) is 17.0 Å². The summed E-state index contributed by atoms with van der Waals surface area (Å²) in [4.78, 5) is 0. The first kappa shape index (κ1) is 13.8. The van der Waals surface area contributed by atoms with Crippen LogP contribution in [0.3, 0.4) is 0 Å². The number of hydrogen-bond acceptors (Lipinski definition) is 3. The predicted octanol–water partition coefficient (Wildman–Crippen LogP) is 1.73. The normalized spacial score (nSPS) is 14.3. The van der Waals surface area contributed by atoms with E-state index in [2.05, 4.69) is 16.5 Å². The van der Waals surface area contributed by atoms with Gasteiger partial charge >= 0.3 is 0 Å². The molecule has 0 saturated heterocycles. The highest BCUT2D eigenvalue weighted by Gasteiger charge is 2.25. The highest BCUT2D eigenvalue weighted by molar-refractivity contribution is 5.24. The van der Waals surface area contributed by atoms with E-state index in [1.54, 1.807) is 0 Å². The van der Waals surface area contributed by atoms with Gasteiger partial charge in [-0.2, -0.15) is 5.10 Å². The van der Waals surface area contributed by atoms with Crippen LogP contribution in [0.5, 0.6) is 0 Å². The lowest BCUT2D eigenvalue weighted by Gasteiger charge is -2.29. The van der Waals surface area contributed by atoms with Gasteiger partial charge in [0.2, 0.25) is 0 Å². The molecule has 4 nitrogen and oxygen atoms in total. The molecule has 4 heteroatoms. The molecule has 0 aliphatic carbocycles. The molecule has 0 radical (unpaired) electrons. The van der Waals surface area contributed by atoms with Crippen molar-refractivity contribution >= 4 is 0 Å². The molecule has 2 rings (SSSR count). The van der Waals surface area contributed by atoms with E-state index in [4.69, 9.17) is 0 Å². The van der Waals surface area contributed by atoms with Gasteiger partial charge in [0.15, 0.2) is 0 Å². The maximum atomic E-state index is 9.71. The van der Waals surface area contributed by atoms with Crippen molar-refractivity contribution in [3.05, 3.63) is 53.3 Å². The smallest absolute Gasteiger partial charge is 0.0652 e. The standard InChI is InChI=1S/C15H21N3O/c1-12-9-14(18(3)17-12)10-16-15(2,11-19)13-7-5-4-6-8-13/h4-9,16,19H,10-11H2,1-3H3. The zero-order valence-corrected chi connectivity index (χ0v) is 11.7. The van der Waals surface area contributed by atoms with Crippen molar-refractivity contribution < 1.29 is 5.11 Å². The third kappa shape index (κ3) is 3.03. The summed E-state index contributed by atoms with van der Waals surface area (Å²) < 4.78 is 1.87. The maximum absolute atomic E-state index is 9.71. The fourth-order valence-corrected chi connectivity index (χ4v) is 2.17. The molecule has 19 heavy (non-hydrogen) atoms. The van der Waals surface area contributed by atoms with Gasteiger partial charge in [-0.05, 0) is 25.5 Å². The third-order valence-electron chi connectivity index (χ3n) is 3.49. The first-order chi connectivity index (χ1) is 9.05. The Hall–Kier alpha value is -1.65. The number of aliphatic hydroxyl groups is 1. The van der Waals surface area contributed by atoms with Gasteiger partial charge < -0.3 is 10.4 Å². The van der Waals surface area contributed by atoms with Crippen molar-refractivity contribution in [1.82, 2.24) is 15.1 Å². The summed E-state index contributed by atoms with van der Waals surface area (Å²) in [6.45, 7) is 4.70. The van der Waals surface area contributed by atoms with E-state index in [1.165, 1.54) is 0 Å². The highest BCUT2D eigenvalue weighted by atomic mass is 16.3. The molecule has 1 unspecified atom stereocenters. The summed E-state index contributed by atoms with van der Waals surface area (Å²) in [5.41, 5.74) is 2.74. The number of aryl methyl sites for hydroxylation is 2. The number of rotatable bonds is 5. The quantitative estimate of drug-likeness (QED) is 0.859. The summed E-state index contributed by atoms with van der Waals surface area (Å²) >= 11 is 0. The lowest BCUT2D eigenvalue weighted by Crippen LogP contribution is -2.42. The van der Waals surface area contributed by atoms with Crippen molar-refractivity contribution in [2.45, 2.75) is 25.9 Å². The van der Waals surface area contributed by atoms with Crippen molar-refractivity contribution in [1.29, 1.82) is 0 Å². The van der Waals surface area contributed by atoms with Crippen LogP contribution in [0.15, 0.2) is 36.4 Å². The summed E-state index contributed by atoms with van der Waals surface area (Å²) in [5.74, 6) is 0. The summed E-state index contributed by atoms with van der Waals surface area (Å²) in [6.07, 6.45) is 0. The highest BCUT2D eigenvalue weighted by Crippen LogP contribution is 2.20. The Morgan fingerprint density at radius 1 is 1.32 bits per heavy atom. The maximum Gasteiger partial charge on any atom is 0.0652 e. The average molecular weight is 259 g/mol. The van der Waals surface area contributed by atoms with E-state index >= 15 is 0 Å². The van der Waals surface area contributed by atoms with Gasteiger partial charge in [-0.15, -0.1) is 0 Å². The van der Waals surface area contributed by atoms with Gasteiger partial charge in [-0.25, -0.2) is 0 Å².